The third-order valence-electron chi connectivity index (χ3n) is 4.06. The van der Waals surface area contributed by atoms with Crippen molar-refractivity contribution in [3.8, 4) is 0 Å². The zero-order valence-corrected chi connectivity index (χ0v) is 17.7. The van der Waals surface area contributed by atoms with E-state index in [2.05, 4.69) is 39.5 Å². The molecule has 0 aromatic heterocycles. The zero-order chi connectivity index (χ0) is 23.2. The molecule has 12 nitrogen and oxygen atoms in total. The van der Waals surface area contributed by atoms with Crippen LogP contribution in [0.5, 0.6) is 0 Å². The Balaban J connectivity index is 0. The molecule has 0 saturated carbocycles. The second kappa shape index (κ2) is 14.7. The molecule has 0 spiro atoms. The van der Waals surface area contributed by atoms with Gasteiger partial charge in [0, 0.05) is 25.2 Å². The largest absolute Gasteiger partial charge is 0.479 e. The molecule has 29 heavy (non-hydrogen) atoms. The summed E-state index contributed by atoms with van der Waals surface area (Å²) < 4.78 is 3.71. The fraction of sp³-hybridized carbons (Fsp3) is 0.765. The minimum atomic E-state index is -2.09. The van der Waals surface area contributed by atoms with Crippen LogP contribution in [0, 0.1) is 5.41 Å². The molecule has 0 heterocycles. The van der Waals surface area contributed by atoms with Crippen LogP contribution in [0.3, 0.4) is 0 Å². The van der Waals surface area contributed by atoms with Crippen LogP contribution >= 0.6 is 0 Å². The molecule has 7 N–H and O–H groups in total. The van der Waals surface area contributed by atoms with Crippen molar-refractivity contribution in [2.75, 3.05) is 13.1 Å². The van der Waals surface area contributed by atoms with E-state index >= 15 is 0 Å². The van der Waals surface area contributed by atoms with Gasteiger partial charge in [0.2, 0.25) is 12.4 Å². The van der Waals surface area contributed by atoms with E-state index in [1.54, 1.807) is 13.8 Å². The third kappa shape index (κ3) is 13.5. The van der Waals surface area contributed by atoms with Crippen LogP contribution in [0.2, 0.25) is 0 Å². The Morgan fingerprint density at radius 2 is 1.41 bits per heavy atom. The number of hydrogen-bond acceptors (Lipinski definition) is 11. The first-order valence-corrected chi connectivity index (χ1v) is 8.84. The fourth-order valence-corrected chi connectivity index (χ4v) is 1.64. The first-order valence-electron chi connectivity index (χ1n) is 8.84. The first-order chi connectivity index (χ1) is 13.3. The summed E-state index contributed by atoms with van der Waals surface area (Å²) in [6.07, 6.45) is -4.10. The van der Waals surface area contributed by atoms with E-state index in [4.69, 9.17) is 25.7 Å². The Bertz CT molecular complexity index is 524. The monoisotopic (exact) mass is 422 g/mol. The van der Waals surface area contributed by atoms with E-state index < -0.39 is 18.4 Å². The molecule has 0 aliphatic carbocycles. The summed E-state index contributed by atoms with van der Waals surface area (Å²) in [6.45, 7) is 13.2. The quantitative estimate of drug-likeness (QED) is 0.0714. The summed E-state index contributed by atoms with van der Waals surface area (Å²) in [5.41, 5.74) is 1.37. The average Bonchev–Trinajstić information content (AvgIpc) is 2.68. The minimum Gasteiger partial charge on any atom is -0.479 e. The highest BCUT2D eigenvalue weighted by Gasteiger charge is 2.24. The lowest BCUT2D eigenvalue weighted by atomic mass is 9.92. The smallest absolute Gasteiger partial charge is 0.339 e. The molecular weight excluding hydrogens is 388 g/mol. The SMILES string of the molecule is C/C(=N\O)[C@@H](C)NCC(C)(C)CN[C@H](C)/C(C)=N/O.O=CO[C@H](O)[C@@H](O)C(=O)O. The van der Waals surface area contributed by atoms with E-state index in [1.165, 1.54) is 0 Å². The van der Waals surface area contributed by atoms with E-state index in [9.17, 15) is 9.59 Å². The predicted octanol–water partition coefficient (Wildman–Crippen LogP) is -0.408. The third-order valence-corrected chi connectivity index (χ3v) is 4.06. The molecule has 0 amide bonds. The molecule has 170 valence electrons. The van der Waals surface area contributed by atoms with E-state index in [0.717, 1.165) is 13.1 Å². The van der Waals surface area contributed by atoms with Gasteiger partial charge in [0.25, 0.3) is 6.47 Å². The predicted molar refractivity (Wildman–Crippen MR) is 105 cm³/mol. The normalized spacial score (nSPS) is 16.7. The summed E-state index contributed by atoms with van der Waals surface area (Å²) in [4.78, 5) is 19.3. The highest BCUT2D eigenvalue weighted by atomic mass is 16.6. The number of carboxylic acid groups (broad SMARTS) is 1. The van der Waals surface area contributed by atoms with Gasteiger partial charge in [0.1, 0.15) is 0 Å². The van der Waals surface area contributed by atoms with Crippen molar-refractivity contribution in [3.05, 3.63) is 0 Å². The van der Waals surface area contributed by atoms with Crippen LogP contribution in [0.4, 0.5) is 0 Å². The number of aliphatic carboxylic acids is 1. The Hall–Kier alpha value is -2.28. The van der Waals surface area contributed by atoms with Gasteiger partial charge in [0.15, 0.2) is 0 Å². The maximum Gasteiger partial charge on any atom is 0.339 e. The average molecular weight is 422 g/mol. The number of oxime groups is 2. The Kier molecular flexibility index (Phi) is 14.6. The van der Waals surface area contributed by atoms with Crippen LogP contribution < -0.4 is 10.6 Å². The van der Waals surface area contributed by atoms with Gasteiger partial charge in [-0.25, -0.2) is 4.79 Å². The van der Waals surface area contributed by atoms with Crippen molar-refractivity contribution < 1.29 is 40.1 Å². The summed E-state index contributed by atoms with van der Waals surface area (Å²) in [5.74, 6) is -1.66. The number of carbonyl (C=O) groups is 2. The number of nitrogens with one attached hydrogen (secondary N) is 2. The van der Waals surface area contributed by atoms with Crippen LogP contribution in [-0.4, -0.2) is 87.2 Å². The molecule has 0 aromatic rings. The number of hydrogen-bond donors (Lipinski definition) is 7. The highest BCUT2D eigenvalue weighted by Crippen LogP contribution is 2.12. The van der Waals surface area contributed by atoms with Crippen molar-refractivity contribution >= 4 is 23.9 Å². The Labute approximate surface area is 170 Å². The number of aliphatic hydroxyl groups excluding tert-OH is 2. The molecule has 0 fully saturated rings. The van der Waals surface area contributed by atoms with Crippen molar-refractivity contribution in [3.63, 3.8) is 0 Å². The van der Waals surface area contributed by atoms with Crippen LogP contribution in [0.15, 0.2) is 10.3 Å². The Morgan fingerprint density at radius 1 is 1.03 bits per heavy atom. The van der Waals surface area contributed by atoms with Crippen molar-refractivity contribution in [2.24, 2.45) is 15.7 Å². The minimum absolute atomic E-state index is 0.0357. The second-order valence-corrected chi connectivity index (χ2v) is 7.26. The lowest BCUT2D eigenvalue weighted by Crippen LogP contribution is -2.46. The standard InChI is InChI=1S/C13H28N4O2.C4H6O6/c1-9(11(3)16-18)14-7-13(5,6)8-15-10(2)12(4)17-19;5-1-10-4(9)2(6)3(7)8/h9-10,14-15,18-19H,7-8H2,1-6H3;1-2,4,6,9H,(H,7,8)/b16-11+,17-12+;/t9-,10-;2-,4-/m10/s1. The van der Waals surface area contributed by atoms with Gasteiger partial charge >= 0.3 is 5.97 Å². The summed E-state index contributed by atoms with van der Waals surface area (Å²) in [5, 5.41) is 55.2. The van der Waals surface area contributed by atoms with Gasteiger partial charge in [0.05, 0.1) is 11.4 Å². The number of nitrogens with zero attached hydrogens (tertiary/aromatic N) is 2. The Morgan fingerprint density at radius 3 is 1.69 bits per heavy atom. The molecular formula is C17H34N4O8. The van der Waals surface area contributed by atoms with Gasteiger partial charge < -0.3 is 41.1 Å². The molecule has 0 aliphatic rings. The van der Waals surface area contributed by atoms with Gasteiger partial charge in [-0.3, -0.25) is 4.79 Å². The molecule has 0 rings (SSSR count). The fourth-order valence-electron chi connectivity index (χ4n) is 1.64. The lowest BCUT2D eigenvalue weighted by Gasteiger charge is -2.29. The lowest BCUT2D eigenvalue weighted by molar-refractivity contribution is -0.185. The summed E-state index contributed by atoms with van der Waals surface area (Å²) in [7, 11) is 0. The van der Waals surface area contributed by atoms with E-state index in [0.29, 0.717) is 11.4 Å². The van der Waals surface area contributed by atoms with Crippen molar-refractivity contribution in [2.45, 2.75) is 66.0 Å². The maximum atomic E-state index is 9.81. The topological polar surface area (TPSA) is 193 Å². The van der Waals surface area contributed by atoms with Crippen molar-refractivity contribution in [1.82, 2.24) is 10.6 Å². The van der Waals surface area contributed by atoms with Crippen LogP contribution in [0.25, 0.3) is 0 Å². The van der Waals surface area contributed by atoms with Gasteiger partial charge in [-0.05, 0) is 33.1 Å². The molecule has 0 bridgehead atoms. The molecule has 4 atom stereocenters. The molecule has 0 aromatic carbocycles. The number of carboxylic acids is 1. The van der Waals surface area contributed by atoms with Gasteiger partial charge in [-0.1, -0.05) is 24.2 Å². The number of aliphatic hydroxyl groups is 2. The zero-order valence-electron chi connectivity index (χ0n) is 17.7. The summed E-state index contributed by atoms with van der Waals surface area (Å²) in [6, 6.07) is 0.0878. The molecule has 0 saturated heterocycles. The van der Waals surface area contributed by atoms with Crippen LogP contribution in [0.1, 0.15) is 41.5 Å². The number of carbonyl (C=O) groups excluding carboxylic acids is 1. The molecule has 0 radical (unpaired) electrons. The summed E-state index contributed by atoms with van der Waals surface area (Å²) >= 11 is 0. The second-order valence-electron chi connectivity index (χ2n) is 7.26. The first kappa shape index (κ1) is 28.9. The highest BCUT2D eigenvalue weighted by molar-refractivity contribution is 5.86. The number of ether oxygens (including phenoxy) is 1. The molecule has 0 unspecified atom stereocenters. The van der Waals surface area contributed by atoms with Crippen LogP contribution in [-0.2, 0) is 14.3 Å². The van der Waals surface area contributed by atoms with Gasteiger partial charge in [-0.2, -0.15) is 0 Å². The van der Waals surface area contributed by atoms with Crippen molar-refractivity contribution in [1.29, 1.82) is 0 Å². The van der Waals surface area contributed by atoms with E-state index in [1.807, 2.05) is 13.8 Å². The molecule has 0 aliphatic heterocycles. The molecule has 12 heteroatoms. The van der Waals surface area contributed by atoms with E-state index in [-0.39, 0.29) is 24.0 Å². The number of rotatable bonds is 12. The van der Waals surface area contributed by atoms with Gasteiger partial charge in [-0.15, -0.1) is 0 Å². The maximum absolute atomic E-state index is 9.81.